The van der Waals surface area contributed by atoms with Crippen molar-refractivity contribution in [3.63, 3.8) is 0 Å². The lowest BCUT2D eigenvalue weighted by atomic mass is 9.91. The molecule has 0 fully saturated rings. The number of rotatable bonds is 23. The summed E-state index contributed by atoms with van der Waals surface area (Å²) in [6.07, 6.45) is 31.9. The highest BCUT2D eigenvalue weighted by Crippen LogP contribution is 2.49. The van der Waals surface area contributed by atoms with Crippen molar-refractivity contribution in [2.24, 2.45) is 5.92 Å². The first kappa shape index (κ1) is 46.6. The Morgan fingerprint density at radius 3 is 1.62 bits per heavy atom. The van der Waals surface area contributed by atoms with Crippen LogP contribution in [-0.4, -0.2) is 24.1 Å². The fraction of sp³-hybridized carbons (Fsp3) is 0.529. The average molecular weight is 783 g/mol. The van der Waals surface area contributed by atoms with Crippen molar-refractivity contribution in [2.75, 3.05) is 20.0 Å². The fourth-order valence-corrected chi connectivity index (χ4v) is 10.6. The Balaban J connectivity index is 1.47. The SMILES string of the molecule is COc1c(C)c(CCC(C)CC2(/C=C(\C)CC/C=C(\C)CC/C=C(\C)CC/C=C(\C)CC/C=C(\C)CCC=C(C)C)SC=CCS2)c(OC)c2ccccc12. The van der Waals surface area contributed by atoms with Gasteiger partial charge in [0, 0.05) is 22.1 Å². The second-order valence-corrected chi connectivity index (χ2v) is 19.2. The minimum Gasteiger partial charge on any atom is -0.496 e. The minimum atomic E-state index is 0.0918. The molecule has 3 rings (SSSR count). The first-order valence-corrected chi connectivity index (χ1v) is 22.8. The molecule has 0 spiro atoms. The highest BCUT2D eigenvalue weighted by atomic mass is 32.2. The van der Waals surface area contributed by atoms with Crippen LogP contribution in [0.3, 0.4) is 0 Å². The van der Waals surface area contributed by atoms with E-state index in [1.54, 1.807) is 14.2 Å². The van der Waals surface area contributed by atoms with Gasteiger partial charge in [0.1, 0.15) is 11.5 Å². The molecule has 0 bridgehead atoms. The molecule has 0 amide bonds. The summed E-state index contributed by atoms with van der Waals surface area (Å²) in [5.74, 6) is 3.61. The largest absolute Gasteiger partial charge is 0.496 e. The molecular formula is C51H74O2S2. The average Bonchev–Trinajstić information content (AvgIpc) is 3.14. The molecule has 2 aromatic carbocycles. The second kappa shape index (κ2) is 24.7. The quantitative estimate of drug-likeness (QED) is 0.104. The highest BCUT2D eigenvalue weighted by molar-refractivity contribution is 8.20. The van der Waals surface area contributed by atoms with E-state index in [9.17, 15) is 0 Å². The number of allylic oxidation sites excluding steroid dienone is 11. The zero-order valence-corrected chi connectivity index (χ0v) is 38.2. The van der Waals surface area contributed by atoms with Crippen LogP contribution < -0.4 is 9.47 Å². The number of hydrogen-bond acceptors (Lipinski definition) is 4. The van der Waals surface area contributed by atoms with E-state index in [1.807, 2.05) is 11.8 Å². The standard InChI is InChI=1S/C51H74O2S2/c1-38(2)20-14-21-39(3)22-15-23-40(4)24-16-25-41(5)26-17-27-42(6)28-18-29-43(7)36-51(54-34-19-35-55-51)37-44(8)32-33-46-45(9)49(52-10)47-30-12-13-31-48(47)50(46)53-11/h12-13,19-20,22,24,26,28,30-31,34,36,44H,14-18,21,23,25,27,29,32-33,35,37H2,1-11H3/b39-22+,40-24+,41-26+,42-28+,43-36+. The van der Waals surface area contributed by atoms with Gasteiger partial charge in [0.05, 0.1) is 18.3 Å². The van der Waals surface area contributed by atoms with E-state index >= 15 is 0 Å². The van der Waals surface area contributed by atoms with Crippen LogP contribution in [0, 0.1) is 12.8 Å². The summed E-state index contributed by atoms with van der Waals surface area (Å²) in [6.45, 7) is 20.5. The molecule has 0 radical (unpaired) electrons. The lowest BCUT2D eigenvalue weighted by Gasteiger charge is -2.34. The Kier molecular flexibility index (Phi) is 20.9. The van der Waals surface area contributed by atoms with Gasteiger partial charge in [0.25, 0.3) is 0 Å². The van der Waals surface area contributed by atoms with E-state index in [0.29, 0.717) is 5.92 Å². The predicted octanol–water partition coefficient (Wildman–Crippen LogP) is 16.4. The monoisotopic (exact) mass is 783 g/mol. The lowest BCUT2D eigenvalue weighted by molar-refractivity contribution is 0.400. The summed E-state index contributed by atoms with van der Waals surface area (Å²) in [6, 6.07) is 8.44. The number of benzene rings is 2. The Bertz CT molecular complexity index is 1730. The molecule has 0 saturated heterocycles. The van der Waals surface area contributed by atoms with Gasteiger partial charge in [0.15, 0.2) is 0 Å². The number of hydrogen-bond donors (Lipinski definition) is 0. The predicted molar refractivity (Wildman–Crippen MR) is 250 cm³/mol. The van der Waals surface area contributed by atoms with Crippen molar-refractivity contribution in [3.05, 3.63) is 117 Å². The van der Waals surface area contributed by atoms with Crippen molar-refractivity contribution >= 4 is 34.3 Å². The molecule has 302 valence electrons. The number of ether oxygens (including phenoxy) is 2. The van der Waals surface area contributed by atoms with Crippen molar-refractivity contribution in [1.82, 2.24) is 0 Å². The zero-order valence-electron chi connectivity index (χ0n) is 36.5. The van der Waals surface area contributed by atoms with Gasteiger partial charge in [-0.2, -0.15) is 0 Å². The van der Waals surface area contributed by atoms with Crippen LogP contribution in [0.4, 0.5) is 0 Å². The van der Waals surface area contributed by atoms with E-state index in [2.05, 4.69) is 146 Å². The van der Waals surface area contributed by atoms with Crippen LogP contribution in [0.15, 0.2) is 106 Å². The summed E-state index contributed by atoms with van der Waals surface area (Å²) in [5, 5.41) is 4.59. The maximum Gasteiger partial charge on any atom is 0.130 e. The molecule has 1 heterocycles. The normalized spacial score (nSPS) is 17.8. The summed E-state index contributed by atoms with van der Waals surface area (Å²) in [4.78, 5) is 0. The molecule has 0 N–H and O–H groups in total. The van der Waals surface area contributed by atoms with Crippen LogP contribution in [0.5, 0.6) is 11.5 Å². The molecule has 1 aliphatic rings. The van der Waals surface area contributed by atoms with Crippen molar-refractivity contribution < 1.29 is 9.47 Å². The number of methoxy groups -OCH3 is 2. The summed E-state index contributed by atoms with van der Waals surface area (Å²) in [7, 11) is 3.59. The summed E-state index contributed by atoms with van der Waals surface area (Å²) >= 11 is 4.11. The van der Waals surface area contributed by atoms with E-state index in [4.69, 9.17) is 9.47 Å². The van der Waals surface area contributed by atoms with Gasteiger partial charge in [-0.3, -0.25) is 0 Å². The lowest BCUT2D eigenvalue weighted by Crippen LogP contribution is -2.23. The maximum atomic E-state index is 6.03. The van der Waals surface area contributed by atoms with Crippen LogP contribution in [0.1, 0.15) is 144 Å². The van der Waals surface area contributed by atoms with Crippen LogP contribution in [-0.2, 0) is 6.42 Å². The van der Waals surface area contributed by atoms with Gasteiger partial charge >= 0.3 is 0 Å². The van der Waals surface area contributed by atoms with E-state index in [1.165, 1.54) is 63.8 Å². The summed E-state index contributed by atoms with van der Waals surface area (Å²) < 4.78 is 12.0. The Labute approximate surface area is 346 Å². The van der Waals surface area contributed by atoms with Gasteiger partial charge in [-0.05, 0) is 156 Å². The molecule has 2 atom stereocenters. The summed E-state index contributed by atoms with van der Waals surface area (Å²) in [5.41, 5.74) is 11.5. The topological polar surface area (TPSA) is 18.5 Å². The minimum absolute atomic E-state index is 0.0918. The third-order valence-electron chi connectivity index (χ3n) is 10.9. The Morgan fingerprint density at radius 2 is 1.16 bits per heavy atom. The third kappa shape index (κ3) is 16.3. The molecule has 0 saturated carbocycles. The molecule has 0 aromatic heterocycles. The molecule has 2 aromatic rings. The second-order valence-electron chi connectivity index (χ2n) is 16.3. The Morgan fingerprint density at radius 1 is 0.691 bits per heavy atom. The Hall–Kier alpha value is -2.82. The highest BCUT2D eigenvalue weighted by Gasteiger charge is 2.32. The third-order valence-corrected chi connectivity index (χ3v) is 13.7. The van der Waals surface area contributed by atoms with E-state index in [-0.39, 0.29) is 4.08 Å². The van der Waals surface area contributed by atoms with Crippen molar-refractivity contribution in [3.8, 4) is 11.5 Å². The first-order chi connectivity index (χ1) is 26.4. The number of thioether (sulfide) groups is 2. The zero-order chi connectivity index (χ0) is 40.2. The molecule has 2 unspecified atom stereocenters. The van der Waals surface area contributed by atoms with Gasteiger partial charge < -0.3 is 9.47 Å². The smallest absolute Gasteiger partial charge is 0.130 e. The van der Waals surface area contributed by atoms with Gasteiger partial charge in [-0.1, -0.05) is 107 Å². The van der Waals surface area contributed by atoms with E-state index < -0.39 is 0 Å². The fourth-order valence-electron chi connectivity index (χ4n) is 7.62. The van der Waals surface area contributed by atoms with Gasteiger partial charge in [-0.25, -0.2) is 0 Å². The number of fused-ring (bicyclic) bond motifs is 1. The maximum absolute atomic E-state index is 6.03. The first-order valence-electron chi connectivity index (χ1n) is 20.9. The van der Waals surface area contributed by atoms with Crippen LogP contribution in [0.25, 0.3) is 10.8 Å². The van der Waals surface area contributed by atoms with Crippen molar-refractivity contribution in [1.29, 1.82) is 0 Å². The van der Waals surface area contributed by atoms with E-state index in [0.717, 1.165) is 92.2 Å². The molecule has 2 nitrogen and oxygen atoms in total. The van der Waals surface area contributed by atoms with Gasteiger partial charge in [-0.15, -0.1) is 23.5 Å². The molecule has 4 heteroatoms. The van der Waals surface area contributed by atoms with Crippen LogP contribution in [0.2, 0.25) is 0 Å². The molecule has 0 aliphatic carbocycles. The van der Waals surface area contributed by atoms with Gasteiger partial charge in [0.2, 0.25) is 0 Å². The van der Waals surface area contributed by atoms with Crippen molar-refractivity contribution in [2.45, 2.75) is 150 Å². The van der Waals surface area contributed by atoms with Crippen LogP contribution >= 0.6 is 23.5 Å². The molecule has 1 aliphatic heterocycles. The molecule has 55 heavy (non-hydrogen) atoms. The molecular weight excluding hydrogens is 709 g/mol.